The van der Waals surface area contributed by atoms with Gasteiger partial charge in [-0.25, -0.2) is 9.59 Å². The van der Waals surface area contributed by atoms with Gasteiger partial charge in [0.2, 0.25) is 6.29 Å². The Kier molecular flexibility index (Phi) is 7.58. The lowest BCUT2D eigenvalue weighted by Gasteiger charge is -2.39. The van der Waals surface area contributed by atoms with Crippen LogP contribution in [0, 0.1) is 0 Å². The first kappa shape index (κ1) is 24.8. The van der Waals surface area contributed by atoms with Crippen molar-refractivity contribution in [1.82, 2.24) is 0 Å². The van der Waals surface area contributed by atoms with E-state index in [4.69, 9.17) is 14.2 Å². The molecule has 12 heteroatoms. The van der Waals surface area contributed by atoms with E-state index in [1.54, 1.807) is 0 Å². The second kappa shape index (κ2) is 10.4. The van der Waals surface area contributed by atoms with E-state index in [9.17, 15) is 45.3 Å². The molecule has 2 aromatic carbocycles. The van der Waals surface area contributed by atoms with Crippen LogP contribution in [0.4, 0.5) is 0 Å². The predicted molar refractivity (Wildman–Crippen MR) is 112 cm³/mol. The Bertz CT molecular complexity index is 1040. The van der Waals surface area contributed by atoms with E-state index in [-0.39, 0.29) is 11.3 Å². The number of hydrogen-bond acceptors (Lipinski definition) is 12. The standard InChI is InChI=1S/C22H22O12/c23-12-4-1-10(2-5-12)3-6-16(26)34-22-20(30)19(29)18(28)15(33-22)9-32-21(31)11-7-13(24)17(27)14(25)8-11/h1-8,15,18-20,22-25,27-30H,9H2/b6-3+/t15-,18-,19+,20-,22+/m1/s1. The molecule has 1 aliphatic rings. The zero-order valence-electron chi connectivity index (χ0n) is 17.4. The van der Waals surface area contributed by atoms with E-state index in [1.807, 2.05) is 0 Å². The van der Waals surface area contributed by atoms with Crippen molar-refractivity contribution in [1.29, 1.82) is 0 Å². The molecule has 0 spiro atoms. The third-order valence-electron chi connectivity index (χ3n) is 4.89. The molecule has 0 radical (unpaired) electrons. The van der Waals surface area contributed by atoms with Crippen LogP contribution in [-0.2, 0) is 19.0 Å². The smallest absolute Gasteiger partial charge is 0.338 e. The van der Waals surface area contributed by atoms with Crippen molar-refractivity contribution in [2.75, 3.05) is 6.61 Å². The number of aromatic hydroxyl groups is 4. The second-order valence-electron chi connectivity index (χ2n) is 7.34. The summed E-state index contributed by atoms with van der Waals surface area (Å²) >= 11 is 0. The highest BCUT2D eigenvalue weighted by Gasteiger charge is 2.46. The number of esters is 2. The number of aliphatic hydroxyl groups excluding tert-OH is 3. The van der Waals surface area contributed by atoms with Gasteiger partial charge in [-0.05, 0) is 35.9 Å². The summed E-state index contributed by atoms with van der Waals surface area (Å²) in [6.07, 6.45) is -6.08. The van der Waals surface area contributed by atoms with Crippen molar-refractivity contribution in [3.05, 3.63) is 53.6 Å². The molecule has 7 N–H and O–H groups in total. The lowest BCUT2D eigenvalue weighted by Crippen LogP contribution is -2.59. The maximum atomic E-state index is 12.2. The van der Waals surface area contributed by atoms with Crippen LogP contribution >= 0.6 is 0 Å². The quantitative estimate of drug-likeness (QED) is 0.163. The molecule has 0 aliphatic carbocycles. The van der Waals surface area contributed by atoms with Gasteiger partial charge in [-0.2, -0.15) is 0 Å². The number of carbonyl (C=O) groups is 2. The fraction of sp³-hybridized carbons (Fsp3) is 0.273. The van der Waals surface area contributed by atoms with Crippen molar-refractivity contribution in [2.45, 2.75) is 30.7 Å². The normalized spacial score (nSPS) is 24.6. The van der Waals surface area contributed by atoms with Gasteiger partial charge in [-0.1, -0.05) is 12.1 Å². The van der Waals surface area contributed by atoms with E-state index >= 15 is 0 Å². The third-order valence-corrected chi connectivity index (χ3v) is 4.89. The Morgan fingerprint density at radius 2 is 1.53 bits per heavy atom. The minimum absolute atomic E-state index is 0.0387. The van der Waals surface area contributed by atoms with Gasteiger partial charge in [-0.3, -0.25) is 0 Å². The summed E-state index contributed by atoms with van der Waals surface area (Å²) in [6, 6.07) is 7.54. The Balaban J connectivity index is 1.62. The fourth-order valence-electron chi connectivity index (χ4n) is 3.02. The summed E-state index contributed by atoms with van der Waals surface area (Å²) < 4.78 is 15.2. The van der Waals surface area contributed by atoms with Gasteiger partial charge in [0.05, 0.1) is 5.56 Å². The molecular formula is C22H22O12. The summed E-state index contributed by atoms with van der Waals surface area (Å²) in [5.74, 6) is -4.36. The van der Waals surface area contributed by atoms with Gasteiger partial charge in [0.1, 0.15) is 36.8 Å². The van der Waals surface area contributed by atoms with Crippen LogP contribution in [0.1, 0.15) is 15.9 Å². The van der Waals surface area contributed by atoms with Gasteiger partial charge < -0.3 is 50.0 Å². The van der Waals surface area contributed by atoms with Gasteiger partial charge in [-0.15, -0.1) is 0 Å². The molecular weight excluding hydrogens is 456 g/mol. The van der Waals surface area contributed by atoms with Crippen LogP contribution in [0.25, 0.3) is 6.08 Å². The minimum Gasteiger partial charge on any atom is -0.508 e. The maximum absolute atomic E-state index is 12.2. The fourth-order valence-corrected chi connectivity index (χ4v) is 3.02. The Hall–Kier alpha value is -3.84. The summed E-state index contributed by atoms with van der Waals surface area (Å²) in [4.78, 5) is 24.3. The number of hydrogen-bond donors (Lipinski definition) is 7. The molecule has 0 aromatic heterocycles. The maximum Gasteiger partial charge on any atom is 0.338 e. The van der Waals surface area contributed by atoms with E-state index in [2.05, 4.69) is 0 Å². The molecule has 0 unspecified atom stereocenters. The Morgan fingerprint density at radius 1 is 0.912 bits per heavy atom. The van der Waals surface area contributed by atoms with E-state index in [0.29, 0.717) is 5.56 Å². The van der Waals surface area contributed by atoms with Gasteiger partial charge in [0, 0.05) is 6.08 Å². The lowest BCUT2D eigenvalue weighted by atomic mass is 9.99. The number of phenols is 4. The van der Waals surface area contributed by atoms with Crippen LogP contribution in [0.15, 0.2) is 42.5 Å². The van der Waals surface area contributed by atoms with Crippen molar-refractivity contribution < 1.29 is 59.5 Å². The highest BCUT2D eigenvalue weighted by Crippen LogP contribution is 2.35. The number of aliphatic hydroxyl groups is 3. The number of rotatable bonds is 6. The summed E-state index contributed by atoms with van der Waals surface area (Å²) in [6.45, 7) is -0.663. The molecule has 1 heterocycles. The lowest BCUT2D eigenvalue weighted by molar-refractivity contribution is -0.290. The largest absolute Gasteiger partial charge is 0.508 e. The molecule has 0 bridgehead atoms. The van der Waals surface area contributed by atoms with Crippen molar-refractivity contribution >= 4 is 18.0 Å². The van der Waals surface area contributed by atoms with E-state index in [0.717, 1.165) is 18.2 Å². The monoisotopic (exact) mass is 478 g/mol. The molecule has 1 fully saturated rings. The first-order valence-corrected chi connectivity index (χ1v) is 9.86. The Morgan fingerprint density at radius 3 is 2.15 bits per heavy atom. The highest BCUT2D eigenvalue weighted by molar-refractivity contribution is 5.91. The van der Waals surface area contributed by atoms with Crippen molar-refractivity contribution in [2.24, 2.45) is 0 Å². The molecule has 1 aliphatic heterocycles. The van der Waals surface area contributed by atoms with E-state index < -0.39 is 66.5 Å². The summed E-state index contributed by atoms with van der Waals surface area (Å²) in [5, 5.41) is 67.9. The van der Waals surface area contributed by atoms with Crippen LogP contribution < -0.4 is 0 Å². The van der Waals surface area contributed by atoms with E-state index in [1.165, 1.54) is 30.3 Å². The first-order valence-electron chi connectivity index (χ1n) is 9.86. The molecule has 2 aromatic rings. The number of ether oxygens (including phenoxy) is 3. The molecule has 0 amide bonds. The van der Waals surface area contributed by atoms with Crippen LogP contribution in [-0.4, -0.2) is 85.0 Å². The second-order valence-corrected chi connectivity index (χ2v) is 7.34. The van der Waals surface area contributed by atoms with Gasteiger partial charge in [0.15, 0.2) is 17.2 Å². The first-order chi connectivity index (χ1) is 16.1. The average Bonchev–Trinajstić information content (AvgIpc) is 2.81. The van der Waals surface area contributed by atoms with Crippen LogP contribution in [0.3, 0.4) is 0 Å². The minimum atomic E-state index is -1.81. The third kappa shape index (κ3) is 5.74. The highest BCUT2D eigenvalue weighted by atomic mass is 16.7. The van der Waals surface area contributed by atoms with Gasteiger partial charge in [0.25, 0.3) is 0 Å². The molecule has 1 saturated heterocycles. The van der Waals surface area contributed by atoms with Crippen LogP contribution in [0.2, 0.25) is 0 Å². The molecule has 34 heavy (non-hydrogen) atoms. The number of phenolic OH excluding ortho intramolecular Hbond substituents is 4. The number of carbonyl (C=O) groups excluding carboxylic acids is 2. The molecule has 182 valence electrons. The predicted octanol–water partition coefficient (Wildman–Crippen LogP) is -0.270. The molecule has 3 rings (SSSR count). The summed E-state index contributed by atoms with van der Waals surface area (Å²) in [5.41, 5.74) is 0.229. The SMILES string of the molecule is O=C(/C=C/c1ccc(O)cc1)O[C@@H]1O[C@H](COC(=O)c2cc(O)c(O)c(O)c2)[C@@H](O)[C@H](O)[C@H]1O. The topological polar surface area (TPSA) is 203 Å². The number of benzene rings is 2. The van der Waals surface area contributed by atoms with Crippen molar-refractivity contribution in [3.63, 3.8) is 0 Å². The molecule has 12 nitrogen and oxygen atoms in total. The van der Waals surface area contributed by atoms with Crippen LogP contribution in [0.5, 0.6) is 23.0 Å². The zero-order valence-corrected chi connectivity index (χ0v) is 17.4. The molecule has 0 saturated carbocycles. The van der Waals surface area contributed by atoms with Gasteiger partial charge >= 0.3 is 11.9 Å². The average molecular weight is 478 g/mol. The zero-order chi connectivity index (χ0) is 25.0. The van der Waals surface area contributed by atoms with Crippen molar-refractivity contribution in [3.8, 4) is 23.0 Å². The molecule has 5 atom stereocenters. The summed E-state index contributed by atoms with van der Waals surface area (Å²) in [7, 11) is 0. The Labute approximate surface area is 192 Å².